The van der Waals surface area contributed by atoms with Gasteiger partial charge in [0, 0.05) is 19.6 Å². The highest BCUT2D eigenvalue weighted by Gasteiger charge is 2.34. The van der Waals surface area contributed by atoms with Crippen LogP contribution in [0.15, 0.2) is 30.3 Å². The molecule has 0 aliphatic carbocycles. The number of carboxylic acids is 1. The van der Waals surface area contributed by atoms with Crippen LogP contribution >= 0.6 is 0 Å². The van der Waals surface area contributed by atoms with Crippen molar-refractivity contribution in [3.05, 3.63) is 35.9 Å². The molecular weight excluding hydrogens is 314 g/mol. The third-order valence-electron chi connectivity index (χ3n) is 3.71. The van der Waals surface area contributed by atoms with Gasteiger partial charge in [0.05, 0.1) is 0 Å². The summed E-state index contributed by atoms with van der Waals surface area (Å²) in [5.41, 5.74) is 0.852. The highest BCUT2D eigenvalue weighted by molar-refractivity contribution is 5.86. The number of rotatable bonds is 5. The summed E-state index contributed by atoms with van der Waals surface area (Å²) in [6.07, 6.45) is 0. The molecule has 3 N–H and O–H groups in total. The van der Waals surface area contributed by atoms with E-state index in [2.05, 4.69) is 10.6 Å². The summed E-state index contributed by atoms with van der Waals surface area (Å²) >= 11 is 0. The van der Waals surface area contributed by atoms with Crippen LogP contribution in [0.3, 0.4) is 0 Å². The second-order valence-electron chi connectivity index (χ2n) is 5.52. The number of hydrogen-bond donors (Lipinski definition) is 3. The highest BCUT2D eigenvalue weighted by Crippen LogP contribution is 2.09. The van der Waals surface area contributed by atoms with Crippen molar-refractivity contribution in [1.29, 1.82) is 0 Å². The van der Waals surface area contributed by atoms with Crippen molar-refractivity contribution in [2.24, 2.45) is 0 Å². The van der Waals surface area contributed by atoms with Gasteiger partial charge in [-0.15, -0.1) is 0 Å². The molecule has 1 saturated heterocycles. The first-order chi connectivity index (χ1) is 11.5. The van der Waals surface area contributed by atoms with E-state index in [1.54, 1.807) is 0 Å². The molecule has 0 saturated carbocycles. The number of nitrogens with one attached hydrogen (secondary N) is 2. The van der Waals surface area contributed by atoms with Crippen molar-refractivity contribution < 1.29 is 24.2 Å². The quantitative estimate of drug-likeness (QED) is 0.663. The molecule has 0 radical (unpaired) electrons. The topological polar surface area (TPSA) is 108 Å². The van der Waals surface area contributed by atoms with Crippen LogP contribution in [0.5, 0.6) is 0 Å². The van der Waals surface area contributed by atoms with Crippen LogP contribution in [-0.2, 0) is 20.9 Å². The highest BCUT2D eigenvalue weighted by atomic mass is 16.5. The molecule has 1 aromatic rings. The normalized spacial score (nSPS) is 18.5. The Morgan fingerprint density at radius 3 is 2.75 bits per heavy atom. The molecule has 2 amide bonds. The van der Waals surface area contributed by atoms with Gasteiger partial charge in [-0.25, -0.2) is 9.59 Å². The van der Waals surface area contributed by atoms with Crippen LogP contribution in [0, 0.1) is 0 Å². The third kappa shape index (κ3) is 4.69. The molecule has 1 aliphatic rings. The van der Waals surface area contributed by atoms with E-state index in [1.807, 2.05) is 30.3 Å². The minimum atomic E-state index is -1.14. The van der Waals surface area contributed by atoms with Crippen molar-refractivity contribution in [1.82, 2.24) is 15.5 Å². The maximum absolute atomic E-state index is 12.3. The molecule has 24 heavy (non-hydrogen) atoms. The van der Waals surface area contributed by atoms with Crippen LogP contribution in [0.25, 0.3) is 0 Å². The minimum Gasteiger partial charge on any atom is -0.480 e. The summed E-state index contributed by atoms with van der Waals surface area (Å²) in [5, 5.41) is 14.3. The third-order valence-corrected chi connectivity index (χ3v) is 3.71. The molecule has 130 valence electrons. The van der Waals surface area contributed by atoms with Gasteiger partial charge in [0.1, 0.15) is 18.7 Å². The molecule has 8 nitrogen and oxygen atoms in total. The van der Waals surface area contributed by atoms with Crippen LogP contribution < -0.4 is 10.6 Å². The summed E-state index contributed by atoms with van der Waals surface area (Å²) in [4.78, 5) is 36.7. The summed E-state index contributed by atoms with van der Waals surface area (Å²) in [5.74, 6) is -1.66. The van der Waals surface area contributed by atoms with Crippen LogP contribution in [0.2, 0.25) is 0 Å². The number of carbonyl (C=O) groups is 3. The molecular formula is C16H21N3O5. The Hall–Kier alpha value is -2.61. The average Bonchev–Trinajstić information content (AvgIpc) is 2.60. The largest absolute Gasteiger partial charge is 0.480 e. The van der Waals surface area contributed by atoms with E-state index in [0.717, 1.165) is 5.56 Å². The van der Waals surface area contributed by atoms with E-state index in [-0.39, 0.29) is 13.2 Å². The lowest BCUT2D eigenvalue weighted by Gasteiger charge is -2.34. The molecule has 0 bridgehead atoms. The summed E-state index contributed by atoms with van der Waals surface area (Å²) in [7, 11) is 0. The second-order valence-corrected chi connectivity index (χ2v) is 5.52. The standard InChI is InChI=1S/C16H21N3O5/c1-11(14(20)21)18-16(23)19-8-7-17-9-13(19)15(22)24-10-12-5-3-2-4-6-12/h2-6,11,13,17H,7-10H2,1H3,(H,18,23)(H,20,21)/t11-,13?/m0/s1. The lowest BCUT2D eigenvalue weighted by Crippen LogP contribution is -2.60. The predicted molar refractivity (Wildman–Crippen MR) is 85.2 cm³/mol. The number of carbonyl (C=O) groups excluding carboxylic acids is 2. The number of nitrogens with zero attached hydrogens (tertiary/aromatic N) is 1. The average molecular weight is 335 g/mol. The van der Waals surface area contributed by atoms with Gasteiger partial charge in [-0.3, -0.25) is 4.79 Å². The van der Waals surface area contributed by atoms with E-state index in [0.29, 0.717) is 13.1 Å². The molecule has 1 unspecified atom stereocenters. The second kappa shape index (κ2) is 8.30. The number of hydrogen-bond acceptors (Lipinski definition) is 5. The fraction of sp³-hybridized carbons (Fsp3) is 0.438. The van der Waals surface area contributed by atoms with Crippen molar-refractivity contribution in [3.63, 3.8) is 0 Å². The molecule has 2 atom stereocenters. The van der Waals surface area contributed by atoms with Crippen LogP contribution in [0.1, 0.15) is 12.5 Å². The van der Waals surface area contributed by atoms with Crippen molar-refractivity contribution in [3.8, 4) is 0 Å². The fourth-order valence-electron chi connectivity index (χ4n) is 2.31. The number of ether oxygens (including phenoxy) is 1. The maximum atomic E-state index is 12.3. The van der Waals surface area contributed by atoms with E-state index >= 15 is 0 Å². The Balaban J connectivity index is 1.96. The predicted octanol–water partition coefficient (Wildman–Crippen LogP) is 0.186. The number of amides is 2. The Morgan fingerprint density at radius 2 is 2.08 bits per heavy atom. The zero-order chi connectivity index (χ0) is 17.5. The zero-order valence-electron chi connectivity index (χ0n) is 13.4. The number of urea groups is 1. The molecule has 1 aliphatic heterocycles. The molecule has 1 aromatic carbocycles. The lowest BCUT2D eigenvalue weighted by molar-refractivity contribution is -0.150. The van der Waals surface area contributed by atoms with Gasteiger partial charge in [-0.2, -0.15) is 0 Å². The van der Waals surface area contributed by atoms with Gasteiger partial charge in [-0.05, 0) is 12.5 Å². The monoisotopic (exact) mass is 335 g/mol. The minimum absolute atomic E-state index is 0.122. The fourth-order valence-corrected chi connectivity index (χ4v) is 2.31. The summed E-state index contributed by atoms with van der Waals surface area (Å²) in [6, 6.07) is 6.82. The van der Waals surface area contributed by atoms with Gasteiger partial charge in [0.25, 0.3) is 0 Å². The Labute approximate surface area is 139 Å². The van der Waals surface area contributed by atoms with E-state index in [1.165, 1.54) is 11.8 Å². The van der Waals surface area contributed by atoms with E-state index < -0.39 is 30.1 Å². The molecule has 1 fully saturated rings. The first-order valence-electron chi connectivity index (χ1n) is 7.70. The van der Waals surface area contributed by atoms with Crippen molar-refractivity contribution in [2.75, 3.05) is 19.6 Å². The van der Waals surface area contributed by atoms with E-state index in [9.17, 15) is 14.4 Å². The molecule has 1 heterocycles. The van der Waals surface area contributed by atoms with Crippen LogP contribution in [-0.4, -0.2) is 59.7 Å². The number of piperazine rings is 1. The Kier molecular flexibility index (Phi) is 6.14. The van der Waals surface area contributed by atoms with E-state index in [4.69, 9.17) is 9.84 Å². The maximum Gasteiger partial charge on any atom is 0.330 e. The number of benzene rings is 1. The van der Waals surface area contributed by atoms with Gasteiger partial charge >= 0.3 is 18.0 Å². The smallest absolute Gasteiger partial charge is 0.330 e. The molecule has 0 spiro atoms. The van der Waals surface area contributed by atoms with Gasteiger partial charge in [0.2, 0.25) is 0 Å². The number of esters is 1. The number of aliphatic carboxylic acids is 1. The summed E-state index contributed by atoms with van der Waals surface area (Å²) < 4.78 is 5.28. The Morgan fingerprint density at radius 1 is 1.38 bits per heavy atom. The van der Waals surface area contributed by atoms with Gasteiger partial charge in [0.15, 0.2) is 0 Å². The lowest BCUT2D eigenvalue weighted by atomic mass is 10.2. The summed E-state index contributed by atoms with van der Waals surface area (Å²) in [6.45, 7) is 2.57. The SMILES string of the molecule is C[C@H](NC(=O)N1CCNCC1C(=O)OCc1ccccc1)C(=O)O. The van der Waals surface area contributed by atoms with Crippen molar-refractivity contribution in [2.45, 2.75) is 25.6 Å². The molecule has 8 heteroatoms. The molecule has 2 rings (SSSR count). The first kappa shape index (κ1) is 17.7. The van der Waals surface area contributed by atoms with Gasteiger partial charge in [-0.1, -0.05) is 30.3 Å². The zero-order valence-corrected chi connectivity index (χ0v) is 13.4. The first-order valence-corrected chi connectivity index (χ1v) is 7.70. The Bertz CT molecular complexity index is 593. The van der Waals surface area contributed by atoms with Gasteiger partial charge < -0.3 is 25.4 Å². The number of carboxylic acid groups (broad SMARTS) is 1. The van der Waals surface area contributed by atoms with Crippen molar-refractivity contribution >= 4 is 18.0 Å². The van der Waals surface area contributed by atoms with Crippen LogP contribution in [0.4, 0.5) is 4.79 Å². The molecule has 0 aromatic heterocycles.